The first kappa shape index (κ1) is 26.1. The van der Waals surface area contributed by atoms with Gasteiger partial charge in [-0.2, -0.15) is 0 Å². The Balaban J connectivity index is 1.23. The molecule has 1 aromatic carbocycles. The molecule has 1 N–H and O–H groups in total. The fourth-order valence-corrected chi connectivity index (χ4v) is 5.54. The van der Waals surface area contributed by atoms with Crippen molar-refractivity contribution in [2.75, 3.05) is 29.9 Å². The molecule has 7 nitrogen and oxygen atoms in total. The standard InChI is InChI=1S/C30H36FN5O2/c1-3-21-6-7-22(17-21)5-4-13-33-24-10-8-23(9-11-24)28-20-36(15-16-38-28)30-34-27(18-29(37)35(30)2)25-12-14-32-19-26(25)31/h4,8-14,18-19,21-22,28,33H,3,5-7,15-17,20H2,1-2H3/b13-4-/t21?,22?,28-/m1/s1. The third-order valence-electron chi connectivity index (χ3n) is 7.86. The monoisotopic (exact) mass is 517 g/mol. The van der Waals surface area contributed by atoms with Gasteiger partial charge in [-0.15, -0.1) is 0 Å². The summed E-state index contributed by atoms with van der Waals surface area (Å²) >= 11 is 0. The second-order valence-corrected chi connectivity index (χ2v) is 10.4. The van der Waals surface area contributed by atoms with Crippen LogP contribution in [-0.4, -0.2) is 34.2 Å². The molecule has 3 heterocycles. The van der Waals surface area contributed by atoms with E-state index in [9.17, 15) is 9.18 Å². The van der Waals surface area contributed by atoms with E-state index in [1.165, 1.54) is 48.6 Å². The van der Waals surface area contributed by atoms with Crippen molar-refractivity contribution in [3.63, 3.8) is 0 Å². The van der Waals surface area contributed by atoms with Crippen molar-refractivity contribution in [2.24, 2.45) is 18.9 Å². The number of hydrogen-bond acceptors (Lipinski definition) is 6. The van der Waals surface area contributed by atoms with Crippen LogP contribution < -0.4 is 15.8 Å². The molecule has 0 spiro atoms. The van der Waals surface area contributed by atoms with E-state index in [1.54, 1.807) is 7.05 Å². The first-order valence-corrected chi connectivity index (χ1v) is 13.6. The molecule has 3 aromatic rings. The summed E-state index contributed by atoms with van der Waals surface area (Å²) in [6, 6.07) is 11.2. The van der Waals surface area contributed by atoms with E-state index >= 15 is 0 Å². The number of benzene rings is 1. The summed E-state index contributed by atoms with van der Waals surface area (Å²) in [5.41, 5.74) is 2.40. The summed E-state index contributed by atoms with van der Waals surface area (Å²) in [6.07, 6.45) is 13.3. The van der Waals surface area contributed by atoms with Crippen LogP contribution in [0, 0.1) is 17.7 Å². The topological polar surface area (TPSA) is 72.3 Å². The Labute approximate surface area is 223 Å². The van der Waals surface area contributed by atoms with Crippen LogP contribution >= 0.6 is 0 Å². The molecule has 8 heteroatoms. The summed E-state index contributed by atoms with van der Waals surface area (Å²) in [5, 5.41) is 3.38. The number of hydrogen-bond donors (Lipinski definition) is 1. The van der Waals surface area contributed by atoms with Crippen LogP contribution in [0.4, 0.5) is 16.0 Å². The molecule has 2 aliphatic rings. The summed E-state index contributed by atoms with van der Waals surface area (Å²) in [5.74, 6) is 1.73. The molecule has 3 atom stereocenters. The Bertz CT molecular complexity index is 1320. The van der Waals surface area contributed by atoms with Gasteiger partial charge in [-0.25, -0.2) is 9.37 Å². The van der Waals surface area contributed by atoms with Gasteiger partial charge in [-0.3, -0.25) is 14.3 Å². The number of anilines is 2. The van der Waals surface area contributed by atoms with Crippen molar-refractivity contribution >= 4 is 11.6 Å². The number of pyridine rings is 1. The molecule has 0 bridgehead atoms. The predicted molar refractivity (Wildman–Crippen MR) is 149 cm³/mol. The van der Waals surface area contributed by atoms with Crippen LogP contribution in [0.5, 0.6) is 0 Å². The Morgan fingerprint density at radius 3 is 2.76 bits per heavy atom. The third kappa shape index (κ3) is 5.96. The predicted octanol–water partition coefficient (Wildman–Crippen LogP) is 5.70. The number of aromatic nitrogens is 3. The zero-order valence-corrected chi connectivity index (χ0v) is 22.1. The number of ether oxygens (including phenoxy) is 1. The highest BCUT2D eigenvalue weighted by Gasteiger charge is 2.26. The minimum Gasteiger partial charge on any atom is -0.370 e. The molecule has 1 saturated heterocycles. The van der Waals surface area contributed by atoms with Gasteiger partial charge in [0.05, 0.1) is 25.0 Å². The van der Waals surface area contributed by atoms with Crippen molar-refractivity contribution in [1.82, 2.24) is 14.5 Å². The van der Waals surface area contributed by atoms with Gasteiger partial charge in [0.1, 0.15) is 6.10 Å². The summed E-state index contributed by atoms with van der Waals surface area (Å²) in [6.45, 7) is 3.92. The van der Waals surface area contributed by atoms with Crippen molar-refractivity contribution < 1.29 is 9.13 Å². The molecule has 1 aliphatic heterocycles. The van der Waals surface area contributed by atoms with E-state index in [2.05, 4.69) is 58.7 Å². The van der Waals surface area contributed by atoms with Crippen LogP contribution in [0.25, 0.3) is 11.3 Å². The number of rotatable bonds is 8. The quantitative estimate of drug-likeness (QED) is 0.413. The Kier molecular flexibility index (Phi) is 8.17. The summed E-state index contributed by atoms with van der Waals surface area (Å²) in [4.78, 5) is 23.2. The van der Waals surface area contributed by atoms with Gasteiger partial charge >= 0.3 is 0 Å². The number of nitrogens with one attached hydrogen (secondary N) is 1. The van der Waals surface area contributed by atoms with Crippen LogP contribution in [-0.2, 0) is 11.8 Å². The van der Waals surface area contributed by atoms with Crippen molar-refractivity contribution in [3.05, 3.63) is 82.8 Å². The lowest BCUT2D eigenvalue weighted by atomic mass is 10.0. The first-order chi connectivity index (χ1) is 18.5. The Morgan fingerprint density at radius 1 is 1.18 bits per heavy atom. The minimum atomic E-state index is -0.508. The van der Waals surface area contributed by atoms with Gasteiger partial charge in [0.25, 0.3) is 5.56 Å². The van der Waals surface area contributed by atoms with Gasteiger partial charge in [0.15, 0.2) is 5.82 Å². The molecule has 2 aromatic heterocycles. The second kappa shape index (κ2) is 11.9. The van der Waals surface area contributed by atoms with Crippen molar-refractivity contribution in [1.29, 1.82) is 0 Å². The molecule has 5 rings (SSSR count). The summed E-state index contributed by atoms with van der Waals surface area (Å²) < 4.78 is 21.9. The van der Waals surface area contributed by atoms with Gasteiger partial charge in [-0.1, -0.05) is 38.0 Å². The van der Waals surface area contributed by atoms with Crippen LogP contribution in [0.15, 0.2) is 65.9 Å². The lowest BCUT2D eigenvalue weighted by Gasteiger charge is -2.34. The van der Waals surface area contributed by atoms with Crippen LogP contribution in [0.3, 0.4) is 0 Å². The number of halogens is 1. The molecule has 1 saturated carbocycles. The van der Waals surface area contributed by atoms with E-state index in [0.29, 0.717) is 31.3 Å². The third-order valence-corrected chi connectivity index (χ3v) is 7.86. The normalized spacial score (nSPS) is 21.8. The summed E-state index contributed by atoms with van der Waals surface area (Å²) in [7, 11) is 1.69. The Hall–Kier alpha value is -3.52. The number of morpholine rings is 1. The van der Waals surface area contributed by atoms with E-state index in [1.807, 2.05) is 4.90 Å². The lowest BCUT2D eigenvalue weighted by Crippen LogP contribution is -2.41. The molecular formula is C30H36FN5O2. The molecular weight excluding hydrogens is 481 g/mol. The van der Waals surface area contributed by atoms with Gasteiger partial charge in [0.2, 0.25) is 5.95 Å². The zero-order chi connectivity index (χ0) is 26.5. The molecule has 200 valence electrons. The molecule has 0 radical (unpaired) electrons. The molecule has 38 heavy (non-hydrogen) atoms. The average Bonchev–Trinajstić information content (AvgIpc) is 3.41. The van der Waals surface area contributed by atoms with Crippen molar-refractivity contribution in [2.45, 2.75) is 45.1 Å². The maximum Gasteiger partial charge on any atom is 0.255 e. The molecule has 2 fully saturated rings. The van der Waals surface area contributed by atoms with Gasteiger partial charge in [-0.05, 0) is 61.1 Å². The van der Waals surface area contributed by atoms with Gasteiger partial charge < -0.3 is 15.0 Å². The van der Waals surface area contributed by atoms with E-state index in [0.717, 1.165) is 35.7 Å². The highest BCUT2D eigenvalue weighted by Crippen LogP contribution is 2.35. The molecule has 0 amide bonds. The highest BCUT2D eigenvalue weighted by molar-refractivity contribution is 5.60. The number of allylic oxidation sites excluding steroid dienone is 1. The SMILES string of the molecule is CCC1CCC(C/C=C\Nc2ccc([C@H]3CN(c4nc(-c5ccncc5F)cc(=O)n4C)CCO3)cc2)C1. The Morgan fingerprint density at radius 2 is 2.00 bits per heavy atom. The van der Waals surface area contributed by atoms with E-state index in [-0.39, 0.29) is 17.2 Å². The lowest BCUT2D eigenvalue weighted by molar-refractivity contribution is 0.0390. The highest BCUT2D eigenvalue weighted by atomic mass is 19.1. The second-order valence-electron chi connectivity index (χ2n) is 10.4. The number of nitrogens with zero attached hydrogens (tertiary/aromatic N) is 4. The van der Waals surface area contributed by atoms with Crippen molar-refractivity contribution in [3.8, 4) is 11.3 Å². The maximum absolute atomic E-state index is 14.3. The largest absolute Gasteiger partial charge is 0.370 e. The van der Waals surface area contributed by atoms with Gasteiger partial charge in [0, 0.05) is 37.1 Å². The first-order valence-electron chi connectivity index (χ1n) is 13.6. The van der Waals surface area contributed by atoms with E-state index < -0.39 is 5.82 Å². The average molecular weight is 518 g/mol. The maximum atomic E-state index is 14.3. The fraction of sp³-hybridized carbons (Fsp3) is 0.433. The van der Waals surface area contributed by atoms with Crippen LogP contribution in [0.2, 0.25) is 0 Å². The zero-order valence-electron chi connectivity index (χ0n) is 22.1. The molecule has 1 aliphatic carbocycles. The minimum absolute atomic E-state index is 0.166. The fourth-order valence-electron chi connectivity index (χ4n) is 5.54. The molecule has 2 unspecified atom stereocenters. The van der Waals surface area contributed by atoms with E-state index in [4.69, 9.17) is 4.74 Å². The smallest absolute Gasteiger partial charge is 0.255 e. The van der Waals surface area contributed by atoms with Crippen LogP contribution in [0.1, 0.15) is 50.7 Å².